The summed E-state index contributed by atoms with van der Waals surface area (Å²) in [5.41, 5.74) is 1.18. The first kappa shape index (κ1) is 11.0. The predicted octanol–water partition coefficient (Wildman–Crippen LogP) is 1.86. The normalized spacial score (nSPS) is 12.4. The van der Waals surface area contributed by atoms with Gasteiger partial charge in [0.05, 0.1) is 24.2 Å². The molecule has 84 valence electrons. The molecule has 5 heteroatoms. The molecule has 0 amide bonds. The van der Waals surface area contributed by atoms with Gasteiger partial charge in [-0.1, -0.05) is 16.6 Å². The average molecular weight is 235 g/mol. The Morgan fingerprint density at radius 3 is 2.56 bits per heavy atom. The van der Waals surface area contributed by atoms with Crippen LogP contribution in [-0.4, -0.2) is 23.7 Å². The Bertz CT molecular complexity index is 427. The molecule has 0 saturated heterocycles. The summed E-state index contributed by atoms with van der Waals surface area (Å²) in [5, 5.41) is 7.10. The van der Waals surface area contributed by atoms with Crippen molar-refractivity contribution < 1.29 is 4.74 Å². The van der Waals surface area contributed by atoms with Crippen molar-refractivity contribution in [2.75, 3.05) is 14.2 Å². The van der Waals surface area contributed by atoms with Crippen molar-refractivity contribution in [2.24, 2.45) is 0 Å². The Balaban J connectivity index is 2.27. The second-order valence-corrected chi connectivity index (χ2v) is 4.13. The Labute approximate surface area is 98.4 Å². The van der Waals surface area contributed by atoms with E-state index in [9.17, 15) is 0 Å². The third-order valence-corrected chi connectivity index (χ3v) is 3.13. The first-order chi connectivity index (χ1) is 7.85. The number of nitrogens with zero attached hydrogens (tertiary/aromatic N) is 2. The van der Waals surface area contributed by atoms with Gasteiger partial charge in [0.15, 0.2) is 0 Å². The minimum absolute atomic E-state index is 0.144. The monoisotopic (exact) mass is 235 g/mol. The summed E-state index contributed by atoms with van der Waals surface area (Å²) in [4.78, 5) is 1.10. The Morgan fingerprint density at radius 2 is 2.06 bits per heavy atom. The van der Waals surface area contributed by atoms with Crippen molar-refractivity contribution in [3.05, 3.63) is 40.9 Å². The van der Waals surface area contributed by atoms with E-state index in [1.54, 1.807) is 13.3 Å². The number of aromatic nitrogens is 2. The first-order valence-electron chi connectivity index (χ1n) is 4.93. The molecule has 0 bridgehead atoms. The Kier molecular flexibility index (Phi) is 3.48. The van der Waals surface area contributed by atoms with Crippen molar-refractivity contribution in [3.63, 3.8) is 0 Å². The zero-order chi connectivity index (χ0) is 11.4. The lowest BCUT2D eigenvalue weighted by atomic mass is 10.1. The Hall–Kier alpha value is -1.46. The average Bonchev–Trinajstić information content (AvgIpc) is 2.85. The summed E-state index contributed by atoms with van der Waals surface area (Å²) in [6.07, 6.45) is 1.79. The minimum atomic E-state index is 0.144. The summed E-state index contributed by atoms with van der Waals surface area (Å²) in [5.74, 6) is 0.862. The van der Waals surface area contributed by atoms with Crippen LogP contribution in [0.25, 0.3) is 0 Å². The van der Waals surface area contributed by atoms with E-state index >= 15 is 0 Å². The maximum atomic E-state index is 5.13. The van der Waals surface area contributed by atoms with E-state index in [-0.39, 0.29) is 6.04 Å². The molecular weight excluding hydrogens is 222 g/mol. The van der Waals surface area contributed by atoms with Crippen LogP contribution in [0.4, 0.5) is 0 Å². The third kappa shape index (κ3) is 2.20. The van der Waals surface area contributed by atoms with Crippen LogP contribution < -0.4 is 10.1 Å². The van der Waals surface area contributed by atoms with Crippen LogP contribution in [0.5, 0.6) is 5.75 Å². The van der Waals surface area contributed by atoms with Gasteiger partial charge in [-0.3, -0.25) is 0 Å². The molecule has 1 N–H and O–H groups in total. The number of methoxy groups -OCH3 is 1. The fourth-order valence-electron chi connectivity index (χ4n) is 1.57. The molecule has 16 heavy (non-hydrogen) atoms. The standard InChI is InChI=1S/C11H13N3OS/c1-12-11(10-7-13-14-16-10)8-3-5-9(15-2)6-4-8/h3-7,11-12H,1-2H3. The number of rotatable bonds is 4. The second kappa shape index (κ2) is 5.05. The molecule has 0 aliphatic rings. The van der Waals surface area contributed by atoms with Gasteiger partial charge in [-0.2, -0.15) is 0 Å². The second-order valence-electron chi connectivity index (χ2n) is 3.31. The molecule has 0 radical (unpaired) electrons. The summed E-state index contributed by atoms with van der Waals surface area (Å²) in [6.45, 7) is 0. The van der Waals surface area contributed by atoms with E-state index in [0.29, 0.717) is 0 Å². The van der Waals surface area contributed by atoms with E-state index in [2.05, 4.69) is 14.9 Å². The van der Waals surface area contributed by atoms with Crippen LogP contribution in [0.2, 0.25) is 0 Å². The predicted molar refractivity (Wildman–Crippen MR) is 63.8 cm³/mol. The first-order valence-corrected chi connectivity index (χ1v) is 5.71. The van der Waals surface area contributed by atoms with Crippen molar-refractivity contribution in [1.29, 1.82) is 0 Å². The molecule has 4 nitrogen and oxygen atoms in total. The van der Waals surface area contributed by atoms with Crippen LogP contribution in [0.1, 0.15) is 16.5 Å². The highest BCUT2D eigenvalue weighted by molar-refractivity contribution is 7.05. The molecule has 0 spiro atoms. The van der Waals surface area contributed by atoms with Crippen molar-refractivity contribution in [3.8, 4) is 5.75 Å². The van der Waals surface area contributed by atoms with E-state index in [0.717, 1.165) is 10.6 Å². The zero-order valence-corrected chi connectivity index (χ0v) is 9.99. The topological polar surface area (TPSA) is 47.0 Å². The molecular formula is C11H13N3OS. The molecule has 1 atom stereocenters. The van der Waals surface area contributed by atoms with Crippen LogP contribution in [-0.2, 0) is 0 Å². The summed E-state index contributed by atoms with van der Waals surface area (Å²) < 4.78 is 9.01. The molecule has 1 aromatic heterocycles. The van der Waals surface area contributed by atoms with Crippen LogP contribution in [0.15, 0.2) is 30.5 Å². The fourth-order valence-corrected chi connectivity index (χ4v) is 2.21. The summed E-state index contributed by atoms with van der Waals surface area (Å²) >= 11 is 1.41. The zero-order valence-electron chi connectivity index (χ0n) is 9.18. The van der Waals surface area contributed by atoms with Gasteiger partial charge in [-0.15, -0.1) is 5.10 Å². The lowest BCUT2D eigenvalue weighted by Crippen LogP contribution is -2.16. The quantitative estimate of drug-likeness (QED) is 0.878. The van der Waals surface area contributed by atoms with E-state index in [1.165, 1.54) is 17.1 Å². The number of hydrogen-bond acceptors (Lipinski definition) is 5. The van der Waals surface area contributed by atoms with Gasteiger partial charge in [-0.05, 0) is 36.3 Å². The van der Waals surface area contributed by atoms with Gasteiger partial charge in [-0.25, -0.2) is 0 Å². The molecule has 2 aromatic rings. The van der Waals surface area contributed by atoms with E-state index < -0.39 is 0 Å². The smallest absolute Gasteiger partial charge is 0.118 e. The van der Waals surface area contributed by atoms with Gasteiger partial charge in [0.25, 0.3) is 0 Å². The molecule has 0 aliphatic carbocycles. The molecule has 1 aromatic carbocycles. The molecule has 0 saturated carbocycles. The Morgan fingerprint density at radius 1 is 1.31 bits per heavy atom. The number of ether oxygens (including phenoxy) is 1. The minimum Gasteiger partial charge on any atom is -0.497 e. The van der Waals surface area contributed by atoms with Crippen molar-refractivity contribution in [2.45, 2.75) is 6.04 Å². The van der Waals surface area contributed by atoms with Crippen LogP contribution >= 0.6 is 11.5 Å². The van der Waals surface area contributed by atoms with Gasteiger partial charge in [0.1, 0.15) is 5.75 Å². The maximum absolute atomic E-state index is 5.13. The number of nitrogens with one attached hydrogen (secondary N) is 1. The highest BCUT2D eigenvalue weighted by atomic mass is 32.1. The lowest BCUT2D eigenvalue weighted by Gasteiger charge is -2.14. The third-order valence-electron chi connectivity index (χ3n) is 2.40. The number of hydrogen-bond donors (Lipinski definition) is 1. The number of benzene rings is 1. The van der Waals surface area contributed by atoms with Gasteiger partial charge in [0.2, 0.25) is 0 Å². The fraction of sp³-hybridized carbons (Fsp3) is 0.273. The van der Waals surface area contributed by atoms with Gasteiger partial charge >= 0.3 is 0 Å². The highest BCUT2D eigenvalue weighted by Crippen LogP contribution is 2.24. The lowest BCUT2D eigenvalue weighted by molar-refractivity contribution is 0.414. The van der Waals surface area contributed by atoms with Crippen LogP contribution in [0, 0.1) is 0 Å². The molecule has 1 unspecified atom stereocenters. The largest absolute Gasteiger partial charge is 0.497 e. The molecule has 1 heterocycles. The van der Waals surface area contributed by atoms with Crippen LogP contribution in [0.3, 0.4) is 0 Å². The van der Waals surface area contributed by atoms with E-state index in [4.69, 9.17) is 4.74 Å². The van der Waals surface area contributed by atoms with Gasteiger partial charge < -0.3 is 10.1 Å². The SMILES string of the molecule is CNC(c1ccc(OC)cc1)c1cnns1. The van der Waals surface area contributed by atoms with Crippen molar-refractivity contribution >= 4 is 11.5 Å². The molecule has 2 rings (SSSR count). The molecule has 0 fully saturated rings. The van der Waals surface area contributed by atoms with E-state index in [1.807, 2.05) is 31.3 Å². The van der Waals surface area contributed by atoms with Crippen molar-refractivity contribution in [1.82, 2.24) is 14.9 Å². The molecule has 0 aliphatic heterocycles. The maximum Gasteiger partial charge on any atom is 0.118 e. The van der Waals surface area contributed by atoms with Gasteiger partial charge in [0, 0.05) is 0 Å². The highest BCUT2D eigenvalue weighted by Gasteiger charge is 2.13. The summed E-state index contributed by atoms with van der Waals surface area (Å²) in [6, 6.07) is 8.13. The summed E-state index contributed by atoms with van der Waals surface area (Å²) in [7, 11) is 3.59.